The molecule has 1 aromatic carbocycles. The molecular formula is C10H14ClNO4. The molecule has 0 atom stereocenters. The van der Waals surface area contributed by atoms with Gasteiger partial charge in [0.1, 0.15) is 0 Å². The van der Waals surface area contributed by atoms with E-state index in [0.29, 0.717) is 17.1 Å². The summed E-state index contributed by atoms with van der Waals surface area (Å²) in [5, 5.41) is 8.85. The highest BCUT2D eigenvalue weighted by Gasteiger charge is 2.14. The molecule has 6 heteroatoms. The monoisotopic (exact) mass is 247 g/mol. The fourth-order valence-corrected chi connectivity index (χ4v) is 1.32. The topological polar surface area (TPSA) is 81.8 Å². The van der Waals surface area contributed by atoms with E-state index in [9.17, 15) is 4.79 Å². The summed E-state index contributed by atoms with van der Waals surface area (Å²) < 4.78 is 10.1. The molecule has 0 aromatic heterocycles. The van der Waals surface area contributed by atoms with E-state index in [1.54, 1.807) is 0 Å². The van der Waals surface area contributed by atoms with Gasteiger partial charge in [-0.15, -0.1) is 12.4 Å². The third-order valence-corrected chi connectivity index (χ3v) is 2.02. The number of halogens is 1. The van der Waals surface area contributed by atoms with Gasteiger partial charge in [-0.25, -0.2) is 4.79 Å². The first-order valence-electron chi connectivity index (χ1n) is 4.32. The van der Waals surface area contributed by atoms with Crippen molar-refractivity contribution in [3.05, 3.63) is 23.3 Å². The maximum Gasteiger partial charge on any atom is 0.335 e. The lowest BCUT2D eigenvalue weighted by atomic mass is 10.1. The van der Waals surface area contributed by atoms with Crippen LogP contribution in [0.1, 0.15) is 15.9 Å². The molecule has 0 unspecified atom stereocenters. The number of rotatable bonds is 4. The quantitative estimate of drug-likeness (QED) is 0.838. The molecule has 3 N–H and O–H groups in total. The zero-order valence-electron chi connectivity index (χ0n) is 9.02. The van der Waals surface area contributed by atoms with Crippen molar-refractivity contribution in [2.75, 3.05) is 14.2 Å². The van der Waals surface area contributed by atoms with E-state index in [-0.39, 0.29) is 24.5 Å². The second kappa shape index (κ2) is 6.19. The van der Waals surface area contributed by atoms with Crippen molar-refractivity contribution >= 4 is 18.4 Å². The SMILES string of the molecule is COc1cc(C(=O)O)cc(CN)c1OC.Cl. The van der Waals surface area contributed by atoms with Crippen LogP contribution in [-0.4, -0.2) is 25.3 Å². The number of carboxylic acids is 1. The van der Waals surface area contributed by atoms with Crippen LogP contribution in [0.15, 0.2) is 12.1 Å². The van der Waals surface area contributed by atoms with E-state index in [4.69, 9.17) is 20.3 Å². The molecule has 1 aromatic rings. The van der Waals surface area contributed by atoms with Gasteiger partial charge < -0.3 is 20.3 Å². The first-order chi connectivity index (χ1) is 7.13. The second-order valence-corrected chi connectivity index (χ2v) is 2.88. The molecule has 1 rings (SSSR count). The van der Waals surface area contributed by atoms with Gasteiger partial charge in [-0.2, -0.15) is 0 Å². The fraction of sp³-hybridized carbons (Fsp3) is 0.300. The van der Waals surface area contributed by atoms with Gasteiger partial charge in [0.2, 0.25) is 0 Å². The third kappa shape index (κ3) is 2.77. The Hall–Kier alpha value is -1.46. The normalized spacial score (nSPS) is 9.19. The van der Waals surface area contributed by atoms with E-state index in [0.717, 1.165) is 0 Å². The molecule has 0 heterocycles. The predicted molar refractivity (Wildman–Crippen MR) is 61.6 cm³/mol. The van der Waals surface area contributed by atoms with E-state index in [1.807, 2.05) is 0 Å². The molecule has 0 aliphatic carbocycles. The first kappa shape index (κ1) is 14.5. The summed E-state index contributed by atoms with van der Waals surface area (Å²) in [5.41, 5.74) is 6.23. The highest BCUT2D eigenvalue weighted by molar-refractivity contribution is 5.89. The molecule has 0 saturated carbocycles. The van der Waals surface area contributed by atoms with Crippen molar-refractivity contribution in [1.29, 1.82) is 0 Å². The van der Waals surface area contributed by atoms with Gasteiger partial charge in [0, 0.05) is 12.1 Å². The Balaban J connectivity index is 0.00000225. The summed E-state index contributed by atoms with van der Waals surface area (Å²) >= 11 is 0. The number of hydrogen-bond acceptors (Lipinski definition) is 4. The van der Waals surface area contributed by atoms with Crippen molar-refractivity contribution in [3.8, 4) is 11.5 Å². The van der Waals surface area contributed by atoms with Crippen LogP contribution in [0.4, 0.5) is 0 Å². The number of carboxylic acid groups (broad SMARTS) is 1. The number of hydrogen-bond donors (Lipinski definition) is 2. The van der Waals surface area contributed by atoms with Gasteiger partial charge in [0.05, 0.1) is 19.8 Å². The van der Waals surface area contributed by atoms with Crippen LogP contribution in [0, 0.1) is 0 Å². The standard InChI is InChI=1S/C10H13NO4.ClH/c1-14-8-4-6(10(12)13)3-7(5-11)9(8)15-2;/h3-4H,5,11H2,1-2H3,(H,12,13);1H. The molecule has 16 heavy (non-hydrogen) atoms. The van der Waals surface area contributed by atoms with Gasteiger partial charge in [-0.3, -0.25) is 0 Å². The summed E-state index contributed by atoms with van der Waals surface area (Å²) in [5.74, 6) is -0.173. The average molecular weight is 248 g/mol. The van der Waals surface area contributed by atoms with Gasteiger partial charge >= 0.3 is 5.97 Å². The lowest BCUT2D eigenvalue weighted by Gasteiger charge is -2.12. The van der Waals surface area contributed by atoms with E-state index < -0.39 is 5.97 Å². The minimum Gasteiger partial charge on any atom is -0.493 e. The number of benzene rings is 1. The summed E-state index contributed by atoms with van der Waals surface area (Å²) in [6.07, 6.45) is 0. The predicted octanol–water partition coefficient (Wildman–Crippen LogP) is 1.28. The minimum atomic E-state index is -1.02. The summed E-state index contributed by atoms with van der Waals surface area (Å²) in [6, 6.07) is 2.88. The van der Waals surface area contributed by atoms with Gasteiger partial charge in [-0.1, -0.05) is 0 Å². The molecule has 0 aliphatic heterocycles. The molecule has 0 bridgehead atoms. The summed E-state index contributed by atoms with van der Waals surface area (Å²) in [7, 11) is 2.93. The van der Waals surface area contributed by atoms with Crippen molar-refractivity contribution < 1.29 is 19.4 Å². The van der Waals surface area contributed by atoms with E-state index in [1.165, 1.54) is 26.4 Å². The average Bonchev–Trinajstić information content (AvgIpc) is 2.26. The number of nitrogens with two attached hydrogens (primary N) is 1. The Morgan fingerprint density at radius 1 is 1.38 bits per heavy atom. The molecule has 0 aliphatic rings. The zero-order valence-corrected chi connectivity index (χ0v) is 9.84. The van der Waals surface area contributed by atoms with Crippen LogP contribution >= 0.6 is 12.4 Å². The second-order valence-electron chi connectivity index (χ2n) is 2.88. The Bertz CT molecular complexity index is 356. The summed E-state index contributed by atoms with van der Waals surface area (Å²) in [4.78, 5) is 10.8. The van der Waals surface area contributed by atoms with Gasteiger partial charge in [0.15, 0.2) is 11.5 Å². The van der Waals surface area contributed by atoms with Crippen LogP contribution in [0.5, 0.6) is 11.5 Å². The molecule has 0 radical (unpaired) electrons. The highest BCUT2D eigenvalue weighted by atomic mass is 35.5. The number of methoxy groups -OCH3 is 2. The van der Waals surface area contributed by atoms with Crippen molar-refractivity contribution in [2.45, 2.75) is 6.54 Å². The van der Waals surface area contributed by atoms with Crippen LogP contribution < -0.4 is 15.2 Å². The zero-order chi connectivity index (χ0) is 11.4. The number of aromatic carboxylic acids is 1. The molecule has 0 spiro atoms. The van der Waals surface area contributed by atoms with Gasteiger partial charge in [0.25, 0.3) is 0 Å². The largest absolute Gasteiger partial charge is 0.493 e. The Labute approximate surface area is 99.6 Å². The lowest BCUT2D eigenvalue weighted by Crippen LogP contribution is -2.05. The Morgan fingerprint density at radius 2 is 2.00 bits per heavy atom. The molecular weight excluding hydrogens is 234 g/mol. The maximum absolute atomic E-state index is 10.8. The Morgan fingerprint density at radius 3 is 2.38 bits per heavy atom. The van der Waals surface area contributed by atoms with Crippen LogP contribution in [0.3, 0.4) is 0 Å². The molecule has 0 saturated heterocycles. The molecule has 0 fully saturated rings. The van der Waals surface area contributed by atoms with Crippen molar-refractivity contribution in [2.24, 2.45) is 5.73 Å². The van der Waals surface area contributed by atoms with Crippen LogP contribution in [0.25, 0.3) is 0 Å². The number of carbonyl (C=O) groups is 1. The third-order valence-electron chi connectivity index (χ3n) is 2.02. The van der Waals surface area contributed by atoms with E-state index >= 15 is 0 Å². The smallest absolute Gasteiger partial charge is 0.335 e. The Kier molecular flexibility index (Phi) is 5.63. The van der Waals surface area contributed by atoms with E-state index in [2.05, 4.69) is 0 Å². The first-order valence-corrected chi connectivity index (χ1v) is 4.32. The van der Waals surface area contributed by atoms with Crippen molar-refractivity contribution in [3.63, 3.8) is 0 Å². The fourth-order valence-electron chi connectivity index (χ4n) is 1.32. The minimum absolute atomic E-state index is 0. The highest BCUT2D eigenvalue weighted by Crippen LogP contribution is 2.32. The molecule has 90 valence electrons. The van der Waals surface area contributed by atoms with Crippen molar-refractivity contribution in [1.82, 2.24) is 0 Å². The number of ether oxygens (including phenoxy) is 2. The molecule has 0 amide bonds. The van der Waals surface area contributed by atoms with Gasteiger partial charge in [-0.05, 0) is 12.1 Å². The lowest BCUT2D eigenvalue weighted by molar-refractivity contribution is 0.0696. The molecule has 5 nitrogen and oxygen atoms in total. The van der Waals surface area contributed by atoms with Crippen LogP contribution in [-0.2, 0) is 6.54 Å². The van der Waals surface area contributed by atoms with Crippen LogP contribution in [0.2, 0.25) is 0 Å². The maximum atomic E-state index is 10.8. The summed E-state index contributed by atoms with van der Waals surface area (Å²) in [6.45, 7) is 0.195.